The lowest BCUT2D eigenvalue weighted by Crippen LogP contribution is -2.37. The lowest BCUT2D eigenvalue weighted by molar-refractivity contribution is -0.131. The molecule has 0 atom stereocenters. The number of amides is 2. The summed E-state index contributed by atoms with van der Waals surface area (Å²) in [5, 5.41) is 0. The van der Waals surface area contributed by atoms with Gasteiger partial charge in [-0.3, -0.25) is 9.59 Å². The molecule has 6 heteroatoms. The van der Waals surface area contributed by atoms with E-state index >= 15 is 0 Å². The Bertz CT molecular complexity index is 810. The van der Waals surface area contributed by atoms with Crippen LogP contribution in [0.1, 0.15) is 29.6 Å². The van der Waals surface area contributed by atoms with Crippen molar-refractivity contribution in [2.45, 2.75) is 19.3 Å². The van der Waals surface area contributed by atoms with Gasteiger partial charge in [-0.15, -0.1) is 0 Å². The first kappa shape index (κ1) is 20.7. The second kappa shape index (κ2) is 10.5. The zero-order chi connectivity index (χ0) is 20.5. The van der Waals surface area contributed by atoms with Crippen molar-refractivity contribution < 1.29 is 19.1 Å². The summed E-state index contributed by atoms with van der Waals surface area (Å²) in [4.78, 5) is 29.0. The molecule has 2 amide bonds. The maximum Gasteiger partial charge on any atom is 0.254 e. The Balaban J connectivity index is 1.45. The third-order valence-electron chi connectivity index (χ3n) is 5.00. The van der Waals surface area contributed by atoms with E-state index in [4.69, 9.17) is 9.47 Å². The van der Waals surface area contributed by atoms with Gasteiger partial charge in [0.25, 0.3) is 5.91 Å². The molecule has 1 saturated heterocycles. The molecule has 3 rings (SSSR count). The number of para-hydroxylation sites is 1. The van der Waals surface area contributed by atoms with Gasteiger partial charge < -0.3 is 19.3 Å². The minimum atomic E-state index is -0.0190. The highest BCUT2D eigenvalue weighted by Gasteiger charge is 2.22. The van der Waals surface area contributed by atoms with E-state index in [-0.39, 0.29) is 11.8 Å². The van der Waals surface area contributed by atoms with E-state index in [9.17, 15) is 9.59 Å². The minimum absolute atomic E-state index is 0.0190. The molecule has 1 aliphatic rings. The lowest BCUT2D eigenvalue weighted by atomic mass is 10.2. The number of hydrogen-bond acceptors (Lipinski definition) is 4. The van der Waals surface area contributed by atoms with E-state index in [0.29, 0.717) is 56.9 Å². The molecule has 2 aromatic carbocycles. The van der Waals surface area contributed by atoms with Crippen LogP contribution in [0.25, 0.3) is 0 Å². The number of methoxy groups -OCH3 is 1. The zero-order valence-corrected chi connectivity index (χ0v) is 16.9. The summed E-state index contributed by atoms with van der Waals surface area (Å²) >= 11 is 0. The average Bonchev–Trinajstić information content (AvgIpc) is 3.03. The van der Waals surface area contributed by atoms with Gasteiger partial charge in [-0.05, 0) is 43.2 Å². The van der Waals surface area contributed by atoms with Gasteiger partial charge in [-0.1, -0.05) is 24.3 Å². The van der Waals surface area contributed by atoms with Crippen LogP contribution in [0.3, 0.4) is 0 Å². The molecule has 2 aromatic rings. The fourth-order valence-corrected chi connectivity index (χ4v) is 3.40. The third-order valence-corrected chi connectivity index (χ3v) is 5.00. The molecule has 29 heavy (non-hydrogen) atoms. The van der Waals surface area contributed by atoms with Crippen LogP contribution in [0.15, 0.2) is 54.6 Å². The molecule has 0 unspecified atom stereocenters. The van der Waals surface area contributed by atoms with Gasteiger partial charge in [-0.2, -0.15) is 0 Å². The first-order chi connectivity index (χ1) is 14.2. The van der Waals surface area contributed by atoms with Crippen LogP contribution < -0.4 is 9.47 Å². The predicted molar refractivity (Wildman–Crippen MR) is 111 cm³/mol. The van der Waals surface area contributed by atoms with Crippen molar-refractivity contribution in [1.29, 1.82) is 0 Å². The quantitative estimate of drug-likeness (QED) is 0.674. The van der Waals surface area contributed by atoms with Gasteiger partial charge in [0.1, 0.15) is 11.5 Å². The number of ether oxygens (including phenoxy) is 2. The summed E-state index contributed by atoms with van der Waals surface area (Å²) in [6.07, 6.45) is 1.91. The first-order valence-electron chi connectivity index (χ1n) is 10.1. The molecule has 1 aliphatic heterocycles. The molecular weight excluding hydrogens is 368 g/mol. The molecule has 154 valence electrons. The van der Waals surface area contributed by atoms with Crippen LogP contribution >= 0.6 is 0 Å². The molecule has 0 aliphatic carbocycles. The van der Waals surface area contributed by atoms with Crippen LogP contribution in [-0.4, -0.2) is 61.5 Å². The Hall–Kier alpha value is -3.02. The molecule has 0 radical (unpaired) electrons. The van der Waals surface area contributed by atoms with E-state index in [1.807, 2.05) is 52.3 Å². The summed E-state index contributed by atoms with van der Waals surface area (Å²) < 4.78 is 10.9. The molecule has 0 bridgehead atoms. The van der Waals surface area contributed by atoms with Crippen molar-refractivity contribution in [3.63, 3.8) is 0 Å². The van der Waals surface area contributed by atoms with Crippen molar-refractivity contribution in [3.8, 4) is 11.5 Å². The van der Waals surface area contributed by atoms with Crippen LogP contribution in [0.2, 0.25) is 0 Å². The van der Waals surface area contributed by atoms with Crippen molar-refractivity contribution in [3.05, 3.63) is 60.2 Å². The van der Waals surface area contributed by atoms with Gasteiger partial charge in [0, 0.05) is 38.2 Å². The standard InChI is InChI=1S/C23H28N2O4/c1-28-21-11-5-8-19(18-21)23(27)25-14-7-13-24(15-16-25)22(26)12-6-17-29-20-9-3-2-4-10-20/h2-5,8-11,18H,6-7,12-17H2,1H3. The molecule has 0 spiro atoms. The topological polar surface area (TPSA) is 59.1 Å². The van der Waals surface area contributed by atoms with Crippen LogP contribution in [0, 0.1) is 0 Å². The smallest absolute Gasteiger partial charge is 0.254 e. The van der Waals surface area contributed by atoms with Crippen LogP contribution in [0.4, 0.5) is 0 Å². The van der Waals surface area contributed by atoms with E-state index in [1.54, 1.807) is 19.2 Å². The Kier molecular flexibility index (Phi) is 7.50. The Morgan fingerprint density at radius 3 is 2.41 bits per heavy atom. The highest BCUT2D eigenvalue weighted by molar-refractivity contribution is 5.94. The van der Waals surface area contributed by atoms with Crippen LogP contribution in [-0.2, 0) is 4.79 Å². The monoisotopic (exact) mass is 396 g/mol. The summed E-state index contributed by atoms with van der Waals surface area (Å²) in [5.74, 6) is 1.59. The number of nitrogens with zero attached hydrogens (tertiary/aromatic N) is 2. The van der Waals surface area contributed by atoms with Gasteiger partial charge in [0.05, 0.1) is 13.7 Å². The average molecular weight is 396 g/mol. The summed E-state index contributed by atoms with van der Waals surface area (Å²) in [6.45, 7) is 2.96. The maximum absolute atomic E-state index is 12.8. The summed E-state index contributed by atoms with van der Waals surface area (Å²) in [7, 11) is 1.59. The molecule has 1 fully saturated rings. The van der Waals surface area contributed by atoms with Crippen molar-refractivity contribution >= 4 is 11.8 Å². The van der Waals surface area contributed by atoms with Crippen molar-refractivity contribution in [1.82, 2.24) is 9.80 Å². The molecule has 0 N–H and O–H groups in total. The second-order valence-electron chi connectivity index (χ2n) is 7.02. The molecule has 0 aromatic heterocycles. The van der Waals surface area contributed by atoms with E-state index in [2.05, 4.69) is 0 Å². The van der Waals surface area contributed by atoms with Gasteiger partial charge in [0.15, 0.2) is 0 Å². The lowest BCUT2D eigenvalue weighted by Gasteiger charge is -2.22. The minimum Gasteiger partial charge on any atom is -0.497 e. The molecular formula is C23H28N2O4. The largest absolute Gasteiger partial charge is 0.497 e. The molecule has 1 heterocycles. The van der Waals surface area contributed by atoms with E-state index < -0.39 is 0 Å². The van der Waals surface area contributed by atoms with Crippen molar-refractivity contribution in [2.24, 2.45) is 0 Å². The number of benzene rings is 2. The Morgan fingerprint density at radius 1 is 0.897 bits per heavy atom. The molecule has 6 nitrogen and oxygen atoms in total. The second-order valence-corrected chi connectivity index (χ2v) is 7.02. The van der Waals surface area contributed by atoms with Gasteiger partial charge in [0.2, 0.25) is 5.91 Å². The van der Waals surface area contributed by atoms with Gasteiger partial charge >= 0.3 is 0 Å². The normalized spacial score (nSPS) is 14.2. The summed E-state index contributed by atoms with van der Waals surface area (Å²) in [5.41, 5.74) is 0.613. The Labute approximate surface area is 172 Å². The third kappa shape index (κ3) is 5.98. The fourth-order valence-electron chi connectivity index (χ4n) is 3.40. The number of carbonyl (C=O) groups is 2. The number of carbonyl (C=O) groups excluding carboxylic acids is 2. The van der Waals surface area contributed by atoms with E-state index in [0.717, 1.165) is 12.2 Å². The number of rotatable bonds is 7. The number of hydrogen-bond donors (Lipinski definition) is 0. The van der Waals surface area contributed by atoms with E-state index in [1.165, 1.54) is 0 Å². The Morgan fingerprint density at radius 2 is 1.62 bits per heavy atom. The highest BCUT2D eigenvalue weighted by atomic mass is 16.5. The van der Waals surface area contributed by atoms with Crippen molar-refractivity contribution in [2.75, 3.05) is 39.9 Å². The summed E-state index contributed by atoms with van der Waals surface area (Å²) in [6, 6.07) is 16.8. The van der Waals surface area contributed by atoms with Crippen LogP contribution in [0.5, 0.6) is 11.5 Å². The fraction of sp³-hybridized carbons (Fsp3) is 0.391. The highest BCUT2D eigenvalue weighted by Crippen LogP contribution is 2.16. The molecule has 0 saturated carbocycles. The maximum atomic E-state index is 12.8. The predicted octanol–water partition coefficient (Wildman–Crippen LogP) is 3.23. The van der Waals surface area contributed by atoms with Gasteiger partial charge in [-0.25, -0.2) is 0 Å². The first-order valence-corrected chi connectivity index (χ1v) is 10.1. The SMILES string of the molecule is COc1cccc(C(=O)N2CCCN(C(=O)CCCOc3ccccc3)CC2)c1. The zero-order valence-electron chi connectivity index (χ0n) is 16.9.